The van der Waals surface area contributed by atoms with E-state index >= 15 is 0 Å². The maximum atomic E-state index is 13.5. The van der Waals surface area contributed by atoms with Gasteiger partial charge in [-0.3, -0.25) is 4.90 Å². The molecule has 1 amide bonds. The summed E-state index contributed by atoms with van der Waals surface area (Å²) in [6.45, 7) is 5.65. The molecule has 4 nitrogen and oxygen atoms in total. The van der Waals surface area contributed by atoms with Gasteiger partial charge in [0.15, 0.2) is 0 Å². The molecule has 136 valence electrons. The summed E-state index contributed by atoms with van der Waals surface area (Å²) in [6, 6.07) is 4.76. The van der Waals surface area contributed by atoms with Crippen molar-refractivity contribution >= 4 is 11.7 Å². The zero-order valence-corrected chi connectivity index (χ0v) is 15.3. The molecule has 1 aromatic rings. The van der Waals surface area contributed by atoms with E-state index in [1.807, 2.05) is 25.7 Å². The van der Waals surface area contributed by atoms with Crippen LogP contribution in [0.3, 0.4) is 0 Å². The third kappa shape index (κ3) is 3.80. The molecule has 2 unspecified atom stereocenters. The minimum absolute atomic E-state index is 0.0205. The Labute approximate surface area is 148 Å². The summed E-state index contributed by atoms with van der Waals surface area (Å²) < 4.78 is 24.4. The van der Waals surface area contributed by atoms with Crippen LogP contribution in [0.4, 0.5) is 9.18 Å². The lowest BCUT2D eigenvalue weighted by atomic mass is 9.83. The Balaban J connectivity index is 1.90. The summed E-state index contributed by atoms with van der Waals surface area (Å²) in [7, 11) is 1.55. The monoisotopic (exact) mass is 347 g/mol. The van der Waals surface area contributed by atoms with E-state index in [0.29, 0.717) is 5.75 Å². The van der Waals surface area contributed by atoms with Crippen LogP contribution < -0.4 is 4.74 Å². The molecule has 2 aliphatic heterocycles. The van der Waals surface area contributed by atoms with E-state index in [1.54, 1.807) is 13.2 Å². The summed E-state index contributed by atoms with van der Waals surface area (Å²) in [4.78, 5) is 14.5. The van der Waals surface area contributed by atoms with Gasteiger partial charge in [0.2, 0.25) is 0 Å². The fraction of sp³-hybridized carbons (Fsp3) is 0.550. The number of ether oxygens (including phenoxy) is 2. The number of methoxy groups -OCH3 is 1. The van der Waals surface area contributed by atoms with Gasteiger partial charge in [-0.2, -0.15) is 0 Å². The molecule has 0 saturated carbocycles. The van der Waals surface area contributed by atoms with Crippen LogP contribution in [-0.4, -0.2) is 35.8 Å². The highest BCUT2D eigenvalue weighted by Crippen LogP contribution is 2.40. The van der Waals surface area contributed by atoms with E-state index in [4.69, 9.17) is 9.47 Å². The molecule has 1 saturated heterocycles. The van der Waals surface area contributed by atoms with Gasteiger partial charge in [0.05, 0.1) is 13.2 Å². The molecule has 1 fully saturated rings. The van der Waals surface area contributed by atoms with Crippen molar-refractivity contribution < 1.29 is 18.7 Å². The fourth-order valence-corrected chi connectivity index (χ4v) is 3.76. The molecule has 5 heteroatoms. The molecule has 1 aromatic carbocycles. The zero-order valence-electron chi connectivity index (χ0n) is 15.3. The number of carbonyl (C=O) groups is 1. The van der Waals surface area contributed by atoms with E-state index in [0.717, 1.165) is 36.8 Å². The third-order valence-electron chi connectivity index (χ3n) is 4.75. The summed E-state index contributed by atoms with van der Waals surface area (Å²) in [6.07, 6.45) is 5.58. The molecule has 2 atom stereocenters. The Bertz CT molecular complexity index is 693. The van der Waals surface area contributed by atoms with Crippen LogP contribution in [0.5, 0.6) is 5.75 Å². The molecule has 2 bridgehead atoms. The zero-order chi connectivity index (χ0) is 18.2. The van der Waals surface area contributed by atoms with Crippen molar-refractivity contribution in [1.29, 1.82) is 0 Å². The first-order valence-electron chi connectivity index (χ1n) is 8.84. The SMILES string of the molecule is COc1cc(F)ccc1C1=CC2CCCC(C1)N2C(=O)OC(C)(C)C. The van der Waals surface area contributed by atoms with Crippen molar-refractivity contribution in [2.45, 2.75) is 64.1 Å². The minimum Gasteiger partial charge on any atom is -0.496 e. The summed E-state index contributed by atoms with van der Waals surface area (Å²) in [5.41, 5.74) is 1.52. The van der Waals surface area contributed by atoms with Gasteiger partial charge in [-0.15, -0.1) is 0 Å². The molecule has 3 rings (SSSR count). The van der Waals surface area contributed by atoms with E-state index in [-0.39, 0.29) is 24.0 Å². The van der Waals surface area contributed by atoms with Crippen LogP contribution in [0.1, 0.15) is 52.0 Å². The lowest BCUT2D eigenvalue weighted by Crippen LogP contribution is -2.53. The van der Waals surface area contributed by atoms with Gasteiger partial charge in [-0.1, -0.05) is 6.08 Å². The van der Waals surface area contributed by atoms with E-state index in [2.05, 4.69) is 6.08 Å². The number of halogens is 1. The predicted octanol–water partition coefficient (Wildman–Crippen LogP) is 4.78. The second-order valence-corrected chi connectivity index (χ2v) is 7.78. The van der Waals surface area contributed by atoms with Gasteiger partial charge in [0, 0.05) is 17.7 Å². The van der Waals surface area contributed by atoms with Crippen molar-refractivity contribution in [2.24, 2.45) is 0 Å². The first-order valence-corrected chi connectivity index (χ1v) is 8.84. The van der Waals surface area contributed by atoms with Gasteiger partial charge < -0.3 is 9.47 Å². The van der Waals surface area contributed by atoms with Crippen LogP contribution in [-0.2, 0) is 4.74 Å². The number of hydrogen-bond donors (Lipinski definition) is 0. The Kier molecular flexibility index (Phi) is 4.76. The molecule has 0 radical (unpaired) electrons. The molecule has 2 heterocycles. The largest absolute Gasteiger partial charge is 0.496 e. The molecule has 0 spiro atoms. The van der Waals surface area contributed by atoms with Crippen LogP contribution in [0.15, 0.2) is 24.3 Å². The predicted molar refractivity (Wildman–Crippen MR) is 95.0 cm³/mol. The van der Waals surface area contributed by atoms with Gasteiger partial charge in [0.1, 0.15) is 17.2 Å². The molecular formula is C20H26FNO3. The van der Waals surface area contributed by atoms with Crippen LogP contribution in [0.2, 0.25) is 0 Å². The highest BCUT2D eigenvalue weighted by Gasteiger charge is 2.39. The maximum Gasteiger partial charge on any atom is 0.411 e. The second kappa shape index (κ2) is 6.70. The number of amides is 1. The van der Waals surface area contributed by atoms with Crippen molar-refractivity contribution in [3.8, 4) is 5.75 Å². The van der Waals surface area contributed by atoms with Gasteiger partial charge in [-0.25, -0.2) is 9.18 Å². The van der Waals surface area contributed by atoms with Crippen LogP contribution in [0, 0.1) is 5.82 Å². The lowest BCUT2D eigenvalue weighted by Gasteiger charge is -2.45. The Hall–Kier alpha value is -2.04. The number of piperidine rings is 1. The Morgan fingerprint density at radius 2 is 2.04 bits per heavy atom. The smallest absolute Gasteiger partial charge is 0.411 e. The number of fused-ring (bicyclic) bond motifs is 2. The lowest BCUT2D eigenvalue weighted by molar-refractivity contribution is 0.0000823. The van der Waals surface area contributed by atoms with Crippen LogP contribution in [0.25, 0.3) is 5.57 Å². The highest BCUT2D eigenvalue weighted by atomic mass is 19.1. The fourth-order valence-electron chi connectivity index (χ4n) is 3.76. The molecule has 0 N–H and O–H groups in total. The number of rotatable bonds is 2. The number of nitrogens with zero attached hydrogens (tertiary/aromatic N) is 1. The number of hydrogen-bond acceptors (Lipinski definition) is 3. The summed E-state index contributed by atoms with van der Waals surface area (Å²) >= 11 is 0. The second-order valence-electron chi connectivity index (χ2n) is 7.78. The molecule has 25 heavy (non-hydrogen) atoms. The topological polar surface area (TPSA) is 38.8 Å². The normalized spacial score (nSPS) is 23.1. The van der Waals surface area contributed by atoms with Crippen molar-refractivity contribution in [3.63, 3.8) is 0 Å². The van der Waals surface area contributed by atoms with E-state index < -0.39 is 5.60 Å². The molecule has 0 aliphatic carbocycles. The van der Waals surface area contributed by atoms with Gasteiger partial charge in [0.25, 0.3) is 0 Å². The Morgan fingerprint density at radius 3 is 2.68 bits per heavy atom. The molecule has 2 aliphatic rings. The average Bonchev–Trinajstić information content (AvgIpc) is 2.51. The van der Waals surface area contributed by atoms with E-state index in [1.165, 1.54) is 12.1 Å². The third-order valence-corrected chi connectivity index (χ3v) is 4.75. The summed E-state index contributed by atoms with van der Waals surface area (Å²) in [5.74, 6) is 0.225. The van der Waals surface area contributed by atoms with Crippen LogP contribution >= 0.6 is 0 Å². The number of benzene rings is 1. The van der Waals surface area contributed by atoms with E-state index in [9.17, 15) is 9.18 Å². The molecular weight excluding hydrogens is 321 g/mol. The maximum absolute atomic E-state index is 13.5. The highest BCUT2D eigenvalue weighted by molar-refractivity contribution is 5.76. The Morgan fingerprint density at radius 1 is 1.28 bits per heavy atom. The molecule has 0 aromatic heterocycles. The van der Waals surface area contributed by atoms with Gasteiger partial charge >= 0.3 is 6.09 Å². The van der Waals surface area contributed by atoms with Crippen molar-refractivity contribution in [3.05, 3.63) is 35.7 Å². The average molecular weight is 347 g/mol. The minimum atomic E-state index is -0.504. The van der Waals surface area contributed by atoms with Crippen molar-refractivity contribution in [2.75, 3.05) is 7.11 Å². The number of carbonyl (C=O) groups excluding carboxylic acids is 1. The first-order chi connectivity index (χ1) is 11.8. The summed E-state index contributed by atoms with van der Waals surface area (Å²) in [5, 5.41) is 0. The standard InChI is InChI=1S/C20H26FNO3/c1-20(2,3)25-19(23)22-15-6-5-7-16(22)11-13(10-15)17-9-8-14(21)12-18(17)24-4/h8-10,12,15-16H,5-7,11H2,1-4H3. The van der Waals surface area contributed by atoms with Gasteiger partial charge in [-0.05, 0) is 64.2 Å². The van der Waals surface area contributed by atoms with Crippen molar-refractivity contribution in [1.82, 2.24) is 4.90 Å². The first kappa shape index (κ1) is 17.8. The quantitative estimate of drug-likeness (QED) is 0.773.